The molecule has 1 rings (SSSR count). The second-order valence-electron chi connectivity index (χ2n) is 4.03. The normalized spacial score (nSPS) is 9.90. The van der Waals surface area contributed by atoms with Crippen molar-refractivity contribution in [1.82, 2.24) is 5.32 Å². The lowest BCUT2D eigenvalue weighted by Crippen LogP contribution is -2.28. The monoisotopic (exact) mass is 297 g/mol. The SMILES string of the molecule is COc1ccc(CNC(=O)COC(=O)CCSC)cc1. The first-order valence-corrected chi connectivity index (χ1v) is 7.59. The second-order valence-corrected chi connectivity index (χ2v) is 5.01. The van der Waals surface area contributed by atoms with Crippen LogP contribution in [0.1, 0.15) is 12.0 Å². The lowest BCUT2D eigenvalue weighted by molar-refractivity contribution is -0.148. The van der Waals surface area contributed by atoms with Crippen molar-refractivity contribution in [3.63, 3.8) is 0 Å². The van der Waals surface area contributed by atoms with Crippen molar-refractivity contribution in [2.24, 2.45) is 0 Å². The fourth-order valence-electron chi connectivity index (χ4n) is 1.40. The topological polar surface area (TPSA) is 64.6 Å². The van der Waals surface area contributed by atoms with E-state index in [9.17, 15) is 9.59 Å². The number of methoxy groups -OCH3 is 1. The molecule has 0 aliphatic rings. The van der Waals surface area contributed by atoms with Gasteiger partial charge >= 0.3 is 5.97 Å². The van der Waals surface area contributed by atoms with E-state index >= 15 is 0 Å². The standard InChI is InChI=1S/C14H19NO4S/c1-18-12-5-3-11(4-6-12)9-15-13(16)10-19-14(17)7-8-20-2/h3-6H,7-10H2,1-2H3,(H,15,16). The van der Waals surface area contributed by atoms with Gasteiger partial charge in [0.25, 0.3) is 5.91 Å². The van der Waals surface area contributed by atoms with Crippen LogP contribution in [-0.2, 0) is 20.9 Å². The zero-order chi connectivity index (χ0) is 14.8. The molecule has 0 bridgehead atoms. The van der Waals surface area contributed by atoms with Crippen molar-refractivity contribution < 1.29 is 19.1 Å². The highest BCUT2D eigenvalue weighted by molar-refractivity contribution is 7.98. The van der Waals surface area contributed by atoms with Crippen LogP contribution in [0.3, 0.4) is 0 Å². The number of hydrogen-bond acceptors (Lipinski definition) is 5. The molecule has 0 saturated carbocycles. The summed E-state index contributed by atoms with van der Waals surface area (Å²) in [7, 11) is 1.60. The van der Waals surface area contributed by atoms with Gasteiger partial charge in [0.15, 0.2) is 6.61 Å². The molecule has 20 heavy (non-hydrogen) atoms. The average Bonchev–Trinajstić information content (AvgIpc) is 2.49. The lowest BCUT2D eigenvalue weighted by atomic mass is 10.2. The lowest BCUT2D eigenvalue weighted by Gasteiger charge is -2.07. The number of hydrogen-bond donors (Lipinski definition) is 1. The number of benzene rings is 1. The van der Waals surface area contributed by atoms with E-state index in [1.165, 1.54) is 0 Å². The largest absolute Gasteiger partial charge is 0.497 e. The van der Waals surface area contributed by atoms with Gasteiger partial charge in [-0.15, -0.1) is 0 Å². The van der Waals surface area contributed by atoms with E-state index in [-0.39, 0.29) is 18.5 Å². The molecule has 0 atom stereocenters. The van der Waals surface area contributed by atoms with Crippen LogP contribution in [0.2, 0.25) is 0 Å². The Morgan fingerprint density at radius 3 is 2.55 bits per heavy atom. The highest BCUT2D eigenvalue weighted by atomic mass is 32.2. The summed E-state index contributed by atoms with van der Waals surface area (Å²) in [6.45, 7) is 0.161. The predicted octanol–water partition coefficient (Wildman–Crippen LogP) is 1.61. The minimum absolute atomic E-state index is 0.233. The molecule has 0 radical (unpaired) electrons. The summed E-state index contributed by atoms with van der Waals surface area (Å²) >= 11 is 1.56. The molecule has 110 valence electrons. The molecule has 0 spiro atoms. The number of nitrogens with one attached hydrogen (secondary N) is 1. The minimum atomic E-state index is -0.348. The Hall–Kier alpha value is -1.69. The van der Waals surface area contributed by atoms with Crippen LogP contribution in [-0.4, -0.2) is 37.6 Å². The molecule has 5 nitrogen and oxygen atoms in total. The average molecular weight is 297 g/mol. The fourth-order valence-corrected chi connectivity index (χ4v) is 1.77. The van der Waals surface area contributed by atoms with Gasteiger partial charge in [0.2, 0.25) is 0 Å². The Balaban J connectivity index is 2.23. The van der Waals surface area contributed by atoms with Gasteiger partial charge in [0.05, 0.1) is 13.5 Å². The van der Waals surface area contributed by atoms with Gasteiger partial charge in [-0.1, -0.05) is 12.1 Å². The maximum Gasteiger partial charge on any atom is 0.307 e. The molecule has 0 saturated heterocycles. The van der Waals surface area contributed by atoms with Crippen LogP contribution in [0.25, 0.3) is 0 Å². The highest BCUT2D eigenvalue weighted by Gasteiger charge is 2.06. The van der Waals surface area contributed by atoms with Crippen LogP contribution >= 0.6 is 11.8 Å². The number of esters is 1. The first-order valence-electron chi connectivity index (χ1n) is 6.20. The van der Waals surface area contributed by atoms with Crippen LogP contribution in [0.4, 0.5) is 0 Å². The summed E-state index contributed by atoms with van der Waals surface area (Å²) in [5.41, 5.74) is 0.952. The fraction of sp³-hybridized carbons (Fsp3) is 0.429. The van der Waals surface area contributed by atoms with Crippen molar-refractivity contribution in [2.75, 3.05) is 25.7 Å². The van der Waals surface area contributed by atoms with E-state index in [1.54, 1.807) is 18.9 Å². The quantitative estimate of drug-likeness (QED) is 0.739. The third-order valence-electron chi connectivity index (χ3n) is 2.52. The molecule has 0 aliphatic carbocycles. The third kappa shape index (κ3) is 6.47. The summed E-state index contributed by atoms with van der Waals surface area (Å²) in [4.78, 5) is 22.7. The van der Waals surface area contributed by atoms with E-state index in [1.807, 2.05) is 30.5 Å². The Labute approximate surface area is 123 Å². The summed E-state index contributed by atoms with van der Waals surface area (Å²) in [5.74, 6) is 0.812. The second kappa shape index (κ2) is 9.25. The molecule has 6 heteroatoms. The molecule has 0 heterocycles. The van der Waals surface area contributed by atoms with Gasteiger partial charge in [-0.25, -0.2) is 0 Å². The Bertz CT molecular complexity index is 433. The Kier molecular flexibility index (Phi) is 7.57. The van der Waals surface area contributed by atoms with Gasteiger partial charge in [-0.3, -0.25) is 9.59 Å². The molecule has 1 aromatic rings. The van der Waals surface area contributed by atoms with E-state index in [0.717, 1.165) is 11.3 Å². The summed E-state index contributed by atoms with van der Waals surface area (Å²) in [5, 5.41) is 2.69. The van der Waals surface area contributed by atoms with Gasteiger partial charge in [0.1, 0.15) is 5.75 Å². The van der Waals surface area contributed by atoms with E-state index < -0.39 is 0 Å². The summed E-state index contributed by atoms with van der Waals surface area (Å²) in [6, 6.07) is 7.38. The number of ether oxygens (including phenoxy) is 2. The number of rotatable bonds is 8. The molecule has 1 N–H and O–H groups in total. The van der Waals surface area contributed by atoms with Crippen molar-refractivity contribution in [3.05, 3.63) is 29.8 Å². The summed E-state index contributed by atoms with van der Waals surface area (Å²) in [6.07, 6.45) is 2.24. The van der Waals surface area contributed by atoms with Crippen molar-refractivity contribution in [3.8, 4) is 5.75 Å². The zero-order valence-electron chi connectivity index (χ0n) is 11.7. The van der Waals surface area contributed by atoms with Crippen LogP contribution in [0.15, 0.2) is 24.3 Å². The molecule has 0 aromatic heterocycles. The Morgan fingerprint density at radius 1 is 1.25 bits per heavy atom. The minimum Gasteiger partial charge on any atom is -0.497 e. The van der Waals surface area contributed by atoms with E-state index in [2.05, 4.69) is 5.32 Å². The van der Waals surface area contributed by atoms with Crippen molar-refractivity contribution >= 4 is 23.6 Å². The smallest absolute Gasteiger partial charge is 0.307 e. The molecule has 0 fully saturated rings. The third-order valence-corrected chi connectivity index (χ3v) is 3.14. The first kappa shape index (κ1) is 16.4. The molecule has 1 aromatic carbocycles. The molecule has 0 aliphatic heterocycles. The highest BCUT2D eigenvalue weighted by Crippen LogP contribution is 2.10. The van der Waals surface area contributed by atoms with Gasteiger partial charge in [-0.05, 0) is 24.0 Å². The maximum absolute atomic E-state index is 11.5. The molecular formula is C14H19NO4S. The summed E-state index contributed by atoms with van der Waals surface area (Å²) < 4.78 is 9.89. The Morgan fingerprint density at radius 2 is 1.95 bits per heavy atom. The van der Waals surface area contributed by atoms with Crippen LogP contribution in [0.5, 0.6) is 5.75 Å². The van der Waals surface area contributed by atoms with Gasteiger partial charge in [-0.2, -0.15) is 11.8 Å². The van der Waals surface area contributed by atoms with Gasteiger partial charge in [0, 0.05) is 12.3 Å². The number of carbonyl (C=O) groups excluding carboxylic acids is 2. The first-order chi connectivity index (χ1) is 9.65. The predicted molar refractivity (Wildman–Crippen MR) is 78.8 cm³/mol. The zero-order valence-corrected chi connectivity index (χ0v) is 12.5. The maximum atomic E-state index is 11.5. The number of amides is 1. The molecule has 1 amide bonds. The van der Waals surface area contributed by atoms with Crippen LogP contribution < -0.4 is 10.1 Å². The van der Waals surface area contributed by atoms with Crippen molar-refractivity contribution in [2.45, 2.75) is 13.0 Å². The van der Waals surface area contributed by atoms with E-state index in [0.29, 0.717) is 18.7 Å². The van der Waals surface area contributed by atoms with Crippen LogP contribution in [0, 0.1) is 0 Å². The molecular weight excluding hydrogens is 278 g/mol. The van der Waals surface area contributed by atoms with E-state index in [4.69, 9.17) is 9.47 Å². The van der Waals surface area contributed by atoms with Gasteiger partial charge < -0.3 is 14.8 Å². The molecule has 0 unspecified atom stereocenters. The van der Waals surface area contributed by atoms with Crippen molar-refractivity contribution in [1.29, 1.82) is 0 Å². The number of thioether (sulfide) groups is 1. The number of carbonyl (C=O) groups is 2.